The highest BCUT2D eigenvalue weighted by molar-refractivity contribution is 7.46. The third-order valence-electron chi connectivity index (χ3n) is 10.0. The molecule has 370 valence electrons. The Morgan fingerprint density at radius 1 is 0.554 bits per heavy atom. The second-order valence-corrected chi connectivity index (χ2v) is 18.4. The molecular weight excluding hydrogens is 858 g/mol. The number of hydrogen-bond donors (Lipinski definition) is 5. The number of alkyl carbamates (subject to hydrolysis) is 2. The lowest BCUT2D eigenvalue weighted by atomic mass is 10.1. The van der Waals surface area contributed by atoms with Gasteiger partial charge in [0.2, 0.25) is 0 Å². The predicted molar refractivity (Wildman–Crippen MR) is 250 cm³/mol. The van der Waals surface area contributed by atoms with Crippen molar-refractivity contribution in [1.82, 2.24) is 10.6 Å². The van der Waals surface area contributed by atoms with Crippen LogP contribution in [-0.4, -0.2) is 110 Å². The smallest absolute Gasteiger partial charge is 0.462 e. The van der Waals surface area contributed by atoms with Crippen LogP contribution in [0.15, 0.2) is 60.7 Å². The molecule has 2 amide bonds. The average molecular weight is 939 g/mol. The van der Waals surface area contributed by atoms with Crippen molar-refractivity contribution >= 4 is 31.9 Å². The van der Waals surface area contributed by atoms with Gasteiger partial charge in [0, 0.05) is 25.9 Å². The molecule has 0 heterocycles. The quantitative estimate of drug-likeness (QED) is 0.0142. The number of unbranched alkanes of at least 4 members (excludes halogenated alkanes) is 16. The van der Waals surface area contributed by atoms with Crippen molar-refractivity contribution in [2.24, 2.45) is 0 Å². The molecule has 2 aromatic carbocycles. The van der Waals surface area contributed by atoms with Crippen LogP contribution in [0.1, 0.15) is 140 Å². The zero-order valence-electron chi connectivity index (χ0n) is 39.5. The van der Waals surface area contributed by atoms with Crippen LogP contribution in [0.5, 0.6) is 0 Å². The molecule has 65 heavy (non-hydrogen) atoms. The van der Waals surface area contributed by atoms with Crippen molar-refractivity contribution in [1.29, 1.82) is 0 Å². The second-order valence-electron chi connectivity index (χ2n) is 17.2. The van der Waals surface area contributed by atoms with Gasteiger partial charge in [0.1, 0.15) is 26.4 Å². The van der Waals surface area contributed by atoms with Gasteiger partial charge in [0.25, 0.3) is 0 Å². The molecule has 1 atom stereocenters. The molecule has 17 heteroatoms. The summed E-state index contributed by atoms with van der Waals surface area (Å²) in [6.07, 6.45) is 15.9. The number of esters is 2. The van der Waals surface area contributed by atoms with Gasteiger partial charge >= 0.3 is 31.9 Å². The Balaban J connectivity index is 0.00000277. The third-order valence-corrected chi connectivity index (χ3v) is 10.5. The fraction of sp³-hybridized carbons (Fsp3) is 0.667. The third kappa shape index (κ3) is 40.0. The van der Waals surface area contributed by atoms with E-state index in [9.17, 15) is 23.7 Å². The summed E-state index contributed by atoms with van der Waals surface area (Å²) in [5.74, 6) is -1.01. The van der Waals surface area contributed by atoms with E-state index in [4.69, 9.17) is 33.8 Å². The summed E-state index contributed by atoms with van der Waals surface area (Å²) in [4.78, 5) is 66.5. The minimum atomic E-state index is -4.80. The number of carbonyl (C=O) groups excluding carboxylic acids is 4. The van der Waals surface area contributed by atoms with Crippen LogP contribution in [-0.2, 0) is 50.8 Å². The number of benzene rings is 2. The first kappa shape index (κ1) is 59.0. The molecule has 0 unspecified atom stereocenters. The van der Waals surface area contributed by atoms with Gasteiger partial charge in [-0.1, -0.05) is 151 Å². The number of carbonyl (C=O) groups is 4. The van der Waals surface area contributed by atoms with E-state index in [1.54, 1.807) is 0 Å². The number of amides is 2. The molecular formula is C48H81N3O13P+. The molecule has 0 aromatic heterocycles. The maximum absolute atomic E-state index is 12.4. The van der Waals surface area contributed by atoms with Crippen LogP contribution in [0.25, 0.3) is 0 Å². The lowest BCUT2D eigenvalue weighted by Gasteiger charge is -2.21. The maximum atomic E-state index is 12.4. The zero-order valence-corrected chi connectivity index (χ0v) is 40.4. The van der Waals surface area contributed by atoms with Gasteiger partial charge in [-0.25, -0.2) is 14.2 Å². The van der Waals surface area contributed by atoms with E-state index in [1.165, 1.54) is 0 Å². The summed E-state index contributed by atoms with van der Waals surface area (Å²) in [6.45, 7) is 1.87. The van der Waals surface area contributed by atoms with Gasteiger partial charge in [0.15, 0.2) is 6.10 Å². The van der Waals surface area contributed by atoms with Gasteiger partial charge in [0.05, 0.1) is 34.4 Å². The first-order valence-corrected chi connectivity index (χ1v) is 25.1. The largest absolute Gasteiger partial charge is 0.469 e. The molecule has 0 saturated carbocycles. The molecule has 2 aromatic rings. The van der Waals surface area contributed by atoms with Crippen molar-refractivity contribution in [3.63, 3.8) is 0 Å². The second kappa shape index (κ2) is 38.1. The molecule has 0 fully saturated rings. The average Bonchev–Trinajstić information content (AvgIpc) is 3.26. The van der Waals surface area contributed by atoms with E-state index in [0.717, 1.165) is 125 Å². The number of nitrogens with zero attached hydrogens (tertiary/aromatic N) is 1. The summed E-state index contributed by atoms with van der Waals surface area (Å²) in [5, 5.41) is 13.9. The number of ether oxygens (including phenoxy) is 4. The number of rotatable bonds is 36. The fourth-order valence-electron chi connectivity index (χ4n) is 6.29. The Bertz CT molecular complexity index is 1560. The number of phosphoric ester groups is 1. The van der Waals surface area contributed by atoms with Crippen molar-refractivity contribution in [3.8, 4) is 0 Å². The number of likely N-dealkylation sites (N-methyl/N-ethyl adjacent to an activating group) is 1. The first-order chi connectivity index (χ1) is 31.2. The molecule has 0 radical (unpaired) electrons. The lowest BCUT2D eigenvalue weighted by Crippen LogP contribution is -2.36. The normalized spacial score (nSPS) is 11.7. The molecule has 5 N–H and O–H groups in total. The molecule has 2 rings (SSSR count). The van der Waals surface area contributed by atoms with Crippen LogP contribution in [0.4, 0.5) is 9.59 Å². The standard InChI is InChI=1S/C43H67N2O12P.C5H14NO/c46-40(29-21-11-7-3-1-5-9-13-23-31-44-42(48)54-33-37-25-17-15-18-26-37)53-35-39(36-56-58(50,51)52)57-41(47)30-22-12-8-4-2-6-10-14-24-32-45-43(49)55-34-38-27-19-16-20-28-38;1-6(2,3)4-5-7/h15-20,25-28,39H,1-14,21-24,29-36H2,(H,44,48)(H,45,49)(H2,50,51,52);7H,4-5H2,1-3H3/q;+1/t39-;/m1./s1. The van der Waals surface area contributed by atoms with E-state index in [1.807, 2.05) is 60.7 Å². The number of aliphatic hydroxyl groups is 1. The molecule has 0 spiro atoms. The summed E-state index contributed by atoms with van der Waals surface area (Å²) in [5.41, 5.74) is 1.90. The number of phosphoric acid groups is 1. The molecule has 0 saturated heterocycles. The van der Waals surface area contributed by atoms with Gasteiger partial charge in [-0.3, -0.25) is 14.1 Å². The zero-order chi connectivity index (χ0) is 47.9. The Morgan fingerprint density at radius 2 is 0.938 bits per heavy atom. The van der Waals surface area contributed by atoms with E-state index in [-0.39, 0.29) is 39.3 Å². The van der Waals surface area contributed by atoms with Crippen LogP contribution < -0.4 is 10.6 Å². The fourth-order valence-corrected chi connectivity index (χ4v) is 6.65. The van der Waals surface area contributed by atoms with Crippen LogP contribution in [0.3, 0.4) is 0 Å². The van der Waals surface area contributed by atoms with Crippen molar-refractivity contribution in [2.75, 3.05) is 60.6 Å². The van der Waals surface area contributed by atoms with Gasteiger partial charge < -0.3 is 49.0 Å². The summed E-state index contributed by atoms with van der Waals surface area (Å²) in [6, 6.07) is 19.1. The maximum Gasteiger partial charge on any atom is 0.469 e. The minimum Gasteiger partial charge on any atom is -0.462 e. The molecule has 0 aliphatic heterocycles. The monoisotopic (exact) mass is 939 g/mol. The highest BCUT2D eigenvalue weighted by Crippen LogP contribution is 2.36. The first-order valence-electron chi connectivity index (χ1n) is 23.5. The highest BCUT2D eigenvalue weighted by atomic mass is 31.2. The topological polar surface area (TPSA) is 216 Å². The molecule has 0 aliphatic carbocycles. The van der Waals surface area contributed by atoms with Crippen molar-refractivity contribution in [2.45, 2.75) is 148 Å². The molecule has 0 bridgehead atoms. The Kier molecular flexibility index (Phi) is 34.6. The Labute approximate surface area is 388 Å². The summed E-state index contributed by atoms with van der Waals surface area (Å²) in [7, 11) is 1.35. The SMILES string of the molecule is C[N+](C)(C)CCO.O=C(CCCCCCCCCCCNC(=O)OCc1ccccc1)OC[C@H](COP(=O)(O)O)OC(=O)CCCCCCCCCCCNC(=O)OCc1ccccc1. The van der Waals surface area contributed by atoms with Crippen LogP contribution in [0.2, 0.25) is 0 Å². The summed E-state index contributed by atoms with van der Waals surface area (Å²) >= 11 is 0. The molecule has 16 nitrogen and oxygen atoms in total. The van der Waals surface area contributed by atoms with Crippen LogP contribution in [0, 0.1) is 0 Å². The number of hydrogen-bond acceptors (Lipinski definition) is 11. The Hall–Kier alpha value is -4.05. The highest BCUT2D eigenvalue weighted by Gasteiger charge is 2.23. The predicted octanol–water partition coefficient (Wildman–Crippen LogP) is 8.89. The van der Waals surface area contributed by atoms with Gasteiger partial charge in [-0.15, -0.1) is 0 Å². The summed E-state index contributed by atoms with van der Waals surface area (Å²) < 4.78 is 37.6. The van der Waals surface area contributed by atoms with E-state index >= 15 is 0 Å². The number of nitrogens with one attached hydrogen (secondary N) is 2. The van der Waals surface area contributed by atoms with E-state index in [2.05, 4.69) is 36.3 Å². The van der Waals surface area contributed by atoms with Crippen LogP contribution >= 0.6 is 7.82 Å². The lowest BCUT2D eigenvalue weighted by molar-refractivity contribution is -0.870. The minimum absolute atomic E-state index is 0.143. The molecule has 0 aliphatic rings. The van der Waals surface area contributed by atoms with E-state index in [0.29, 0.717) is 25.9 Å². The van der Waals surface area contributed by atoms with E-state index < -0.39 is 44.7 Å². The Morgan fingerprint density at radius 3 is 1.31 bits per heavy atom. The van der Waals surface area contributed by atoms with Gasteiger partial charge in [-0.05, 0) is 36.8 Å². The van der Waals surface area contributed by atoms with Gasteiger partial charge in [-0.2, -0.15) is 0 Å². The van der Waals surface area contributed by atoms with Crippen molar-refractivity contribution in [3.05, 3.63) is 71.8 Å². The number of aliphatic hydroxyl groups excluding tert-OH is 1. The van der Waals surface area contributed by atoms with Crippen molar-refractivity contribution < 1.29 is 66.6 Å². The number of quaternary nitrogens is 1.